The number of carbonyl (C=O) groups excluding carboxylic acids is 12. The maximum atomic E-state index is 15.8. The molecule has 4 aromatic carbocycles. The molecule has 13 atom stereocenters. The van der Waals surface area contributed by atoms with Crippen molar-refractivity contribution in [2.75, 3.05) is 59.5 Å². The summed E-state index contributed by atoms with van der Waals surface area (Å²) in [6.07, 6.45) is -4.16. The lowest BCUT2D eigenvalue weighted by Crippen LogP contribution is -2.63. The minimum atomic E-state index is -3.93. The van der Waals surface area contributed by atoms with Crippen molar-refractivity contribution >= 4 is 121 Å². The summed E-state index contributed by atoms with van der Waals surface area (Å²) in [6, 6.07) is 12.4. The normalized spacial score (nSPS) is 25.6. The predicted octanol–water partition coefficient (Wildman–Crippen LogP) is 4.33. The molecule has 4 aromatic rings. The Labute approximate surface area is 687 Å². The summed E-state index contributed by atoms with van der Waals surface area (Å²) < 4.78 is 25.5. The number of aliphatic hydroxyl groups excluding tert-OH is 4. The van der Waals surface area contributed by atoms with Crippen LogP contribution in [-0.2, 0) is 93.1 Å². The lowest BCUT2D eigenvalue weighted by Gasteiger charge is -2.39. The number of benzene rings is 4. The van der Waals surface area contributed by atoms with Gasteiger partial charge in [0, 0.05) is 106 Å². The molecule has 0 bridgehead atoms. The van der Waals surface area contributed by atoms with Crippen molar-refractivity contribution in [1.82, 2.24) is 46.2 Å². The number of piperidine rings is 1. The van der Waals surface area contributed by atoms with Gasteiger partial charge in [-0.15, -0.1) is 0 Å². The average Bonchev–Trinajstić information content (AvgIpc) is 1.35. The van der Waals surface area contributed by atoms with Crippen LogP contribution in [0.15, 0.2) is 103 Å². The van der Waals surface area contributed by atoms with Crippen molar-refractivity contribution in [2.45, 2.75) is 198 Å². The van der Waals surface area contributed by atoms with Crippen LogP contribution in [0.3, 0.4) is 0 Å². The number of nitrogens with one attached hydrogen (secondary N) is 5. The van der Waals surface area contributed by atoms with Gasteiger partial charge in [0.05, 0.1) is 37.2 Å². The molecule has 2 aliphatic heterocycles. The molecule has 0 spiro atoms. The number of hydrogen-bond acceptors (Lipinski definition) is 19. The number of allylic oxidation sites excluding steroid dienone is 1. The number of Topliss-reactive ketones (excluding diaryl/α,β-unsaturated/α-hetero) is 3. The van der Waals surface area contributed by atoms with Crippen molar-refractivity contribution in [3.63, 3.8) is 0 Å². The van der Waals surface area contributed by atoms with Crippen molar-refractivity contribution in [3.05, 3.63) is 146 Å². The molecule has 115 heavy (non-hydrogen) atoms. The zero-order chi connectivity index (χ0) is 85.3. The fourth-order valence-electron chi connectivity index (χ4n) is 15.2. The third-order valence-electron chi connectivity index (χ3n) is 22.2. The predicted molar refractivity (Wildman–Crippen MR) is 435 cm³/mol. The highest BCUT2D eigenvalue weighted by atomic mass is 35.5. The first kappa shape index (κ1) is 93.6. The second-order valence-corrected chi connectivity index (χ2v) is 35.8. The van der Waals surface area contributed by atoms with Gasteiger partial charge in [-0.3, -0.25) is 57.5 Å². The Morgan fingerprint density at radius 2 is 1.17 bits per heavy atom. The molecule has 11 N–H and O–H groups in total. The Balaban J connectivity index is 1.37. The molecule has 1 aliphatic carbocycles. The molecule has 0 aromatic heterocycles. The Morgan fingerprint density at radius 3 is 1.74 bits per heavy atom. The van der Waals surface area contributed by atoms with Crippen LogP contribution >= 0.6 is 34.8 Å². The zero-order valence-corrected chi connectivity index (χ0v) is 70.1. The highest BCUT2D eigenvalue weighted by Crippen LogP contribution is 2.36. The monoisotopic (exact) mass is 1670 g/mol. The van der Waals surface area contributed by atoms with Gasteiger partial charge in [0.25, 0.3) is 0 Å². The summed E-state index contributed by atoms with van der Waals surface area (Å²) in [4.78, 5) is 185. The van der Waals surface area contributed by atoms with Crippen LogP contribution in [0.5, 0.6) is 0 Å². The number of fused-ring (bicyclic) bond motifs is 1. The van der Waals surface area contributed by atoms with Gasteiger partial charge in [0.15, 0.2) is 11.6 Å². The van der Waals surface area contributed by atoms with E-state index in [-0.39, 0.29) is 66.6 Å². The lowest BCUT2D eigenvalue weighted by atomic mass is 9.75. The molecule has 2 heterocycles. The minimum Gasteiger partial charge on any atom is -0.394 e. The molecule has 2 fully saturated rings. The molecular formula is C83H111Cl3N10O18S. The number of nitrogens with zero attached hydrogens (tertiary/aromatic N) is 4. The smallest absolute Gasteiger partial charge is 0.248 e. The van der Waals surface area contributed by atoms with Crippen LogP contribution in [0.2, 0.25) is 15.1 Å². The van der Waals surface area contributed by atoms with E-state index < -0.39 is 215 Å². The highest BCUT2D eigenvalue weighted by Gasteiger charge is 2.47. The van der Waals surface area contributed by atoms with E-state index in [9.17, 15) is 57.6 Å². The first-order valence-electron chi connectivity index (χ1n) is 38.7. The van der Waals surface area contributed by atoms with E-state index in [1.54, 1.807) is 83.8 Å². The van der Waals surface area contributed by atoms with E-state index in [1.165, 1.54) is 34.7 Å². The van der Waals surface area contributed by atoms with Crippen LogP contribution < -0.4 is 32.3 Å². The van der Waals surface area contributed by atoms with Gasteiger partial charge in [-0.1, -0.05) is 136 Å². The van der Waals surface area contributed by atoms with Gasteiger partial charge >= 0.3 is 0 Å². The lowest BCUT2D eigenvalue weighted by molar-refractivity contribution is -0.151. The van der Waals surface area contributed by atoms with Gasteiger partial charge in [0.1, 0.15) is 63.5 Å². The topological polar surface area (TPSA) is 419 Å². The average molecular weight is 1680 g/mol. The van der Waals surface area contributed by atoms with E-state index in [0.29, 0.717) is 51.4 Å². The van der Waals surface area contributed by atoms with Gasteiger partial charge in [-0.2, -0.15) is 0 Å². The van der Waals surface area contributed by atoms with Crippen molar-refractivity contribution in [3.8, 4) is 0 Å². The molecule has 0 unspecified atom stereocenters. The Morgan fingerprint density at radius 1 is 0.600 bits per heavy atom. The van der Waals surface area contributed by atoms with Crippen LogP contribution in [0.1, 0.15) is 134 Å². The summed E-state index contributed by atoms with van der Waals surface area (Å²) in [6.45, 7) is 9.93. The standard InChI is InChI=1S/C83H111Cl3N10O18S/c1-47(2)73-77(108)92-72(48(3)99)76(107)90-63(41-54-25-24-53-18-12-13-21-61(53)54)74(105)91-64(39-52-17-15-20-60(86)38-52)80(111)93(8)66(40-50-22-27-58(84)28-23-50)69(102)44-83(87,49(4)100)70(103)42-56(36-51-16-14-19-59(85)37-51)68(101)29-26-55(78(109)96-33-30-57(31-34-96)82(5,6)7)43-71(104)88-65(45-97)75(106)89-62(32-35-115(11,113)114)79(110)94(9)67(46-98)81(112)95(73)10/h12-23,25,27-28,37-38,47-49,55-57,62-67,72-73,97-100H,24,26,29-36,39-46,87H2,1-11H3,(H,88,104)(H,89,106)(H,90,107)(H,91,105)(H,92,108)/t48-,49-,55+,56-,62+,63+,64+,65+,66+,67+,72+,73+,83-/m1/s1. The Kier molecular flexibility index (Phi) is 33.8. The van der Waals surface area contributed by atoms with Crippen LogP contribution in [-0.4, -0.2) is 244 Å². The summed E-state index contributed by atoms with van der Waals surface area (Å²) in [5, 5.41) is 58.7. The number of halogens is 3. The zero-order valence-electron chi connectivity index (χ0n) is 67.0. The SMILES string of the molecule is CC(C)[C@H]1C(=O)N[C@@H]([C@@H](C)O)C(=O)N[C@@H](CC2=CCc3ccccc32)C(=O)N[C@@H](Cc2cccc(Cl)c2)C(=O)N(C)[C@@H](Cc2ccc(Cl)cc2)C(=O)C[C@@](N)([C@@H](C)O)C(=O)C[C@@H](Cc2cccc(Cl)c2)C(=O)CC[C@H](C(=O)N2CCC(C(C)(C)C)CC2)CC(=O)N[C@@H](CO)C(=O)N[C@@H](CCS(C)(=O)=O)C(=O)N(C)[C@@H](CO)C(=O)N1C. The molecule has 7 rings (SSSR count). The molecule has 0 radical (unpaired) electrons. The first-order chi connectivity index (χ1) is 53.9. The van der Waals surface area contributed by atoms with Crippen molar-refractivity contribution in [2.24, 2.45) is 34.8 Å². The Bertz CT molecular complexity index is 4340. The second-order valence-electron chi connectivity index (χ2n) is 32.2. The number of sulfone groups is 1. The number of aliphatic hydroxyl groups is 4. The number of likely N-dealkylation sites (N-methyl/N-ethyl adjacent to an activating group) is 3. The van der Waals surface area contributed by atoms with E-state index in [0.717, 1.165) is 41.3 Å². The number of carbonyl (C=O) groups is 12. The maximum Gasteiger partial charge on any atom is 0.248 e. The fraction of sp³-hybridized carbons (Fsp3) is 0.542. The molecule has 9 amide bonds. The second kappa shape index (κ2) is 41.5. The molecule has 628 valence electrons. The summed E-state index contributed by atoms with van der Waals surface area (Å²) >= 11 is 19.4. The largest absolute Gasteiger partial charge is 0.394 e. The van der Waals surface area contributed by atoms with E-state index in [1.807, 2.05) is 24.3 Å². The Hall–Kier alpha value is -8.52. The fourth-order valence-corrected chi connectivity index (χ4v) is 16.4. The number of nitrogens with two attached hydrogens (primary N) is 1. The van der Waals surface area contributed by atoms with Gasteiger partial charge in [-0.25, -0.2) is 8.42 Å². The number of amides is 9. The van der Waals surface area contributed by atoms with E-state index in [4.69, 9.17) is 40.5 Å². The maximum absolute atomic E-state index is 15.8. The van der Waals surface area contributed by atoms with Gasteiger partial charge in [0.2, 0.25) is 53.2 Å². The molecular weight excluding hydrogens is 1560 g/mol. The third kappa shape index (κ3) is 25.7. The number of ketones is 3. The molecule has 2 saturated heterocycles. The van der Waals surface area contributed by atoms with Crippen molar-refractivity contribution < 1.29 is 86.4 Å². The number of hydrogen-bond donors (Lipinski definition) is 10. The molecule has 28 nitrogen and oxygen atoms in total. The quantitative estimate of drug-likeness (QED) is 0.0703. The molecule has 3 aliphatic rings. The number of likely N-dealkylation sites (tertiary alicyclic amines) is 1. The van der Waals surface area contributed by atoms with Gasteiger partial charge in [-0.05, 0) is 146 Å². The van der Waals surface area contributed by atoms with Crippen LogP contribution in [0.25, 0.3) is 5.57 Å². The summed E-state index contributed by atoms with van der Waals surface area (Å²) in [5.41, 5.74) is 7.95. The first-order valence-corrected chi connectivity index (χ1v) is 41.9. The summed E-state index contributed by atoms with van der Waals surface area (Å²) in [7, 11) is -0.424. The molecule has 0 saturated carbocycles. The van der Waals surface area contributed by atoms with Crippen LogP contribution in [0, 0.1) is 29.1 Å². The van der Waals surface area contributed by atoms with E-state index >= 15 is 28.8 Å². The highest BCUT2D eigenvalue weighted by molar-refractivity contribution is 7.90. The molecule has 32 heteroatoms. The van der Waals surface area contributed by atoms with E-state index in [2.05, 4.69) is 47.4 Å². The van der Waals surface area contributed by atoms with Gasteiger partial charge < -0.3 is 72.3 Å². The summed E-state index contributed by atoms with van der Waals surface area (Å²) in [5.74, 6) is -15.6. The minimum absolute atomic E-state index is 0.130. The number of rotatable bonds is 17. The van der Waals surface area contributed by atoms with Crippen LogP contribution in [0.4, 0.5) is 0 Å². The third-order valence-corrected chi connectivity index (χ3v) is 23.9. The van der Waals surface area contributed by atoms with Crippen molar-refractivity contribution in [1.29, 1.82) is 0 Å².